The van der Waals surface area contributed by atoms with Crippen LogP contribution in [0.25, 0.3) is 0 Å². The molecule has 0 fully saturated rings. The molecule has 104 valence electrons. The summed E-state index contributed by atoms with van der Waals surface area (Å²) in [6.45, 7) is 5.26. The fourth-order valence-corrected chi connectivity index (χ4v) is 1.65. The number of ether oxygens (including phenoxy) is 1. The van der Waals surface area contributed by atoms with E-state index in [1.807, 2.05) is 12.1 Å². The van der Waals surface area contributed by atoms with Gasteiger partial charge in [-0.2, -0.15) is 0 Å². The van der Waals surface area contributed by atoms with E-state index in [4.69, 9.17) is 9.84 Å². The molecule has 0 saturated heterocycles. The second kappa shape index (κ2) is 7.83. The Hall–Kier alpha value is -1.50. The molecule has 0 atom stereocenters. The maximum Gasteiger partial charge on any atom is 0.123 e. The van der Waals surface area contributed by atoms with Crippen LogP contribution in [0.2, 0.25) is 0 Å². The molecule has 0 aromatic heterocycles. The molecule has 0 heterocycles. The third kappa shape index (κ3) is 4.94. The number of nitrogens with zero attached hydrogens (tertiary/aromatic N) is 1. The predicted octanol–water partition coefficient (Wildman–Crippen LogP) is 2.27. The van der Waals surface area contributed by atoms with E-state index >= 15 is 0 Å². The van der Waals surface area contributed by atoms with Gasteiger partial charge < -0.3 is 9.84 Å². The Morgan fingerprint density at radius 1 is 1.37 bits per heavy atom. The SMILES string of the molecule is COc1ccc(C#CCCO)cc1CN(C)C(C)C. The Kier molecular flexibility index (Phi) is 6.41. The Balaban J connectivity index is 2.93. The summed E-state index contributed by atoms with van der Waals surface area (Å²) >= 11 is 0. The van der Waals surface area contributed by atoms with Crippen molar-refractivity contribution in [3.05, 3.63) is 29.3 Å². The fraction of sp³-hybridized carbons (Fsp3) is 0.500. The highest BCUT2D eigenvalue weighted by atomic mass is 16.5. The largest absolute Gasteiger partial charge is 0.496 e. The normalized spacial score (nSPS) is 10.5. The summed E-state index contributed by atoms with van der Waals surface area (Å²) < 4.78 is 5.39. The minimum absolute atomic E-state index is 0.103. The summed E-state index contributed by atoms with van der Waals surface area (Å²) in [5, 5.41) is 8.73. The lowest BCUT2D eigenvalue weighted by Gasteiger charge is -2.22. The molecule has 1 aromatic carbocycles. The molecule has 0 unspecified atom stereocenters. The van der Waals surface area contributed by atoms with Crippen LogP contribution in [0.15, 0.2) is 18.2 Å². The zero-order valence-corrected chi connectivity index (χ0v) is 12.2. The first-order valence-electron chi connectivity index (χ1n) is 6.55. The Bertz CT molecular complexity index is 458. The summed E-state index contributed by atoms with van der Waals surface area (Å²) in [5.41, 5.74) is 2.09. The standard InChI is InChI=1S/C16H23NO2/c1-13(2)17(3)12-15-11-14(7-5-6-10-18)8-9-16(15)19-4/h8-9,11,13,18H,6,10,12H2,1-4H3. The van der Waals surface area contributed by atoms with E-state index < -0.39 is 0 Å². The third-order valence-corrected chi connectivity index (χ3v) is 3.05. The van der Waals surface area contributed by atoms with Crippen molar-refractivity contribution in [1.29, 1.82) is 0 Å². The van der Waals surface area contributed by atoms with Gasteiger partial charge in [0.2, 0.25) is 0 Å². The second-order valence-electron chi connectivity index (χ2n) is 4.81. The number of rotatable bonds is 5. The van der Waals surface area contributed by atoms with Crippen molar-refractivity contribution in [2.75, 3.05) is 20.8 Å². The Morgan fingerprint density at radius 3 is 2.68 bits per heavy atom. The van der Waals surface area contributed by atoms with Crippen LogP contribution >= 0.6 is 0 Å². The van der Waals surface area contributed by atoms with Crippen LogP contribution in [0.5, 0.6) is 5.75 Å². The Labute approximate surface area is 116 Å². The number of aliphatic hydroxyl groups excluding tert-OH is 1. The zero-order valence-electron chi connectivity index (χ0n) is 12.2. The van der Waals surface area contributed by atoms with Crippen LogP contribution < -0.4 is 4.74 Å². The van der Waals surface area contributed by atoms with Gasteiger partial charge in [0.25, 0.3) is 0 Å². The molecule has 3 nitrogen and oxygen atoms in total. The first kappa shape index (κ1) is 15.6. The fourth-order valence-electron chi connectivity index (χ4n) is 1.65. The van der Waals surface area contributed by atoms with Crippen molar-refractivity contribution in [1.82, 2.24) is 4.90 Å². The quantitative estimate of drug-likeness (QED) is 0.825. The number of hydrogen-bond acceptors (Lipinski definition) is 3. The van der Waals surface area contributed by atoms with Gasteiger partial charge in [0.05, 0.1) is 13.7 Å². The van der Waals surface area contributed by atoms with E-state index in [2.05, 4.69) is 43.7 Å². The molecule has 0 saturated carbocycles. The van der Waals surface area contributed by atoms with Crippen molar-refractivity contribution in [3.63, 3.8) is 0 Å². The van der Waals surface area contributed by atoms with Gasteiger partial charge in [-0.1, -0.05) is 11.8 Å². The van der Waals surface area contributed by atoms with Crippen LogP contribution in [0, 0.1) is 11.8 Å². The van der Waals surface area contributed by atoms with E-state index in [0.717, 1.165) is 23.4 Å². The monoisotopic (exact) mass is 261 g/mol. The van der Waals surface area contributed by atoms with E-state index in [0.29, 0.717) is 12.5 Å². The van der Waals surface area contributed by atoms with Crippen molar-refractivity contribution in [2.45, 2.75) is 32.9 Å². The van der Waals surface area contributed by atoms with E-state index in [-0.39, 0.29) is 6.61 Å². The molecular weight excluding hydrogens is 238 g/mol. The molecule has 0 spiro atoms. The summed E-state index contributed by atoms with van der Waals surface area (Å²) in [5.74, 6) is 6.88. The molecule has 0 amide bonds. The highest BCUT2D eigenvalue weighted by molar-refractivity contribution is 5.44. The predicted molar refractivity (Wildman–Crippen MR) is 78.2 cm³/mol. The number of methoxy groups -OCH3 is 1. The molecule has 19 heavy (non-hydrogen) atoms. The van der Waals surface area contributed by atoms with Crippen LogP contribution in [0.1, 0.15) is 31.4 Å². The first-order chi connectivity index (χ1) is 9.08. The van der Waals surface area contributed by atoms with Crippen molar-refractivity contribution in [3.8, 4) is 17.6 Å². The molecule has 0 radical (unpaired) electrons. The van der Waals surface area contributed by atoms with Crippen LogP contribution in [-0.4, -0.2) is 36.8 Å². The van der Waals surface area contributed by atoms with Gasteiger partial charge in [0, 0.05) is 30.1 Å². The second-order valence-corrected chi connectivity index (χ2v) is 4.81. The first-order valence-corrected chi connectivity index (χ1v) is 6.55. The van der Waals surface area contributed by atoms with Gasteiger partial charge >= 0.3 is 0 Å². The maximum atomic E-state index is 8.73. The summed E-state index contributed by atoms with van der Waals surface area (Å²) in [6.07, 6.45) is 0.507. The van der Waals surface area contributed by atoms with Gasteiger partial charge in [0.15, 0.2) is 0 Å². The minimum atomic E-state index is 0.103. The molecular formula is C16H23NO2. The zero-order chi connectivity index (χ0) is 14.3. The van der Waals surface area contributed by atoms with Gasteiger partial charge in [-0.25, -0.2) is 0 Å². The average molecular weight is 261 g/mol. The molecule has 1 N–H and O–H groups in total. The minimum Gasteiger partial charge on any atom is -0.496 e. The van der Waals surface area contributed by atoms with Crippen LogP contribution in [-0.2, 0) is 6.54 Å². The molecule has 0 bridgehead atoms. The van der Waals surface area contributed by atoms with Gasteiger partial charge in [-0.15, -0.1) is 0 Å². The van der Waals surface area contributed by atoms with Crippen LogP contribution in [0.3, 0.4) is 0 Å². The smallest absolute Gasteiger partial charge is 0.123 e. The summed E-state index contributed by atoms with van der Waals surface area (Å²) in [7, 11) is 3.78. The maximum absolute atomic E-state index is 8.73. The van der Waals surface area contributed by atoms with Crippen LogP contribution in [0.4, 0.5) is 0 Å². The lowest BCUT2D eigenvalue weighted by molar-refractivity contribution is 0.261. The highest BCUT2D eigenvalue weighted by Crippen LogP contribution is 2.21. The van der Waals surface area contributed by atoms with Crippen molar-refractivity contribution >= 4 is 0 Å². The molecule has 3 heteroatoms. The average Bonchev–Trinajstić information content (AvgIpc) is 2.39. The summed E-state index contributed by atoms with van der Waals surface area (Å²) in [4.78, 5) is 2.25. The topological polar surface area (TPSA) is 32.7 Å². The van der Waals surface area contributed by atoms with Crippen molar-refractivity contribution < 1.29 is 9.84 Å². The van der Waals surface area contributed by atoms with E-state index in [9.17, 15) is 0 Å². The lowest BCUT2D eigenvalue weighted by Crippen LogP contribution is -2.25. The number of hydrogen-bond donors (Lipinski definition) is 1. The number of benzene rings is 1. The number of aliphatic hydroxyl groups is 1. The third-order valence-electron chi connectivity index (χ3n) is 3.05. The van der Waals surface area contributed by atoms with Gasteiger partial charge in [-0.3, -0.25) is 4.90 Å². The van der Waals surface area contributed by atoms with Gasteiger partial charge in [0.1, 0.15) is 5.75 Å². The molecule has 0 aliphatic heterocycles. The molecule has 0 aliphatic rings. The van der Waals surface area contributed by atoms with Crippen molar-refractivity contribution in [2.24, 2.45) is 0 Å². The van der Waals surface area contributed by atoms with Gasteiger partial charge in [-0.05, 0) is 39.1 Å². The molecule has 1 rings (SSSR count). The van der Waals surface area contributed by atoms with E-state index in [1.165, 1.54) is 0 Å². The molecule has 0 aliphatic carbocycles. The Morgan fingerprint density at radius 2 is 2.11 bits per heavy atom. The van der Waals surface area contributed by atoms with E-state index in [1.54, 1.807) is 7.11 Å². The lowest BCUT2D eigenvalue weighted by atomic mass is 10.1. The highest BCUT2D eigenvalue weighted by Gasteiger charge is 2.09. The summed E-state index contributed by atoms with van der Waals surface area (Å²) in [6, 6.07) is 6.44. The molecule has 1 aromatic rings.